The molecule has 0 bridgehead atoms. The van der Waals surface area contributed by atoms with Crippen LogP contribution in [0.5, 0.6) is 0 Å². The topological polar surface area (TPSA) is 99.9 Å². The third-order valence-corrected chi connectivity index (χ3v) is 5.28. The lowest BCUT2D eigenvalue weighted by atomic mass is 9.97. The van der Waals surface area contributed by atoms with Gasteiger partial charge in [-0.2, -0.15) is 18.3 Å². The molecule has 11 heteroatoms. The number of nitrogens with one attached hydrogen (secondary N) is 1. The average molecular weight is 432 g/mol. The number of piperidine rings is 1. The summed E-state index contributed by atoms with van der Waals surface area (Å²) < 4.78 is 39.1. The number of halogens is 3. The Morgan fingerprint density at radius 3 is 2.58 bits per heavy atom. The normalized spacial score (nSPS) is 19.3. The van der Waals surface area contributed by atoms with E-state index in [-0.39, 0.29) is 23.6 Å². The van der Waals surface area contributed by atoms with Crippen molar-refractivity contribution in [2.45, 2.75) is 38.0 Å². The molecule has 4 rings (SSSR count). The van der Waals surface area contributed by atoms with Gasteiger partial charge in [-0.1, -0.05) is 18.2 Å². The lowest BCUT2D eigenvalue weighted by molar-refractivity contribution is -0.141. The lowest BCUT2D eigenvalue weighted by Gasteiger charge is -2.34. The van der Waals surface area contributed by atoms with E-state index in [9.17, 15) is 22.8 Å². The molecular weight excluding hydrogens is 413 g/mol. The zero-order valence-electron chi connectivity index (χ0n) is 16.6. The van der Waals surface area contributed by atoms with Crippen LogP contribution in [0.4, 0.5) is 19.0 Å². The number of nitrogens with zero attached hydrogens (tertiary/aromatic N) is 5. The van der Waals surface area contributed by atoms with Crippen LogP contribution in [0.2, 0.25) is 0 Å². The summed E-state index contributed by atoms with van der Waals surface area (Å²) in [4.78, 5) is 33.9. The molecular formula is C20H19F3N6O2. The molecule has 3 heterocycles. The van der Waals surface area contributed by atoms with Crippen molar-refractivity contribution >= 4 is 17.6 Å². The molecule has 2 aliphatic rings. The number of rotatable bonds is 3. The smallest absolute Gasteiger partial charge is 0.356 e. The maximum Gasteiger partial charge on any atom is 0.433 e. The second kappa shape index (κ2) is 8.05. The summed E-state index contributed by atoms with van der Waals surface area (Å²) >= 11 is 0. The van der Waals surface area contributed by atoms with E-state index in [1.54, 1.807) is 29.2 Å². The summed E-state index contributed by atoms with van der Waals surface area (Å²) in [6, 6.07) is 6.58. The predicted octanol–water partition coefficient (Wildman–Crippen LogP) is 3.24. The van der Waals surface area contributed by atoms with Crippen molar-refractivity contribution in [1.29, 1.82) is 0 Å². The molecule has 0 aliphatic carbocycles. The molecule has 2 aromatic rings. The molecule has 2 aliphatic heterocycles. The Morgan fingerprint density at radius 1 is 1.16 bits per heavy atom. The van der Waals surface area contributed by atoms with Gasteiger partial charge in [-0.05, 0) is 25.8 Å². The number of alkyl halides is 3. The first kappa shape index (κ1) is 20.9. The van der Waals surface area contributed by atoms with Gasteiger partial charge in [-0.3, -0.25) is 9.59 Å². The molecule has 1 aromatic heterocycles. The minimum atomic E-state index is -4.54. The molecule has 1 N–H and O–H groups in total. The molecule has 0 spiro atoms. The Labute approximate surface area is 175 Å². The Kier molecular flexibility index (Phi) is 5.42. The van der Waals surface area contributed by atoms with Gasteiger partial charge < -0.3 is 10.2 Å². The molecule has 162 valence electrons. The second-order valence-corrected chi connectivity index (χ2v) is 7.44. The summed E-state index contributed by atoms with van der Waals surface area (Å²) in [6.07, 6.45) is -3.48. The number of carbonyl (C=O) groups excluding carboxylic acids is 2. The predicted molar refractivity (Wildman–Crippen MR) is 104 cm³/mol. The molecule has 1 aromatic carbocycles. The van der Waals surface area contributed by atoms with E-state index in [2.05, 4.69) is 25.5 Å². The Morgan fingerprint density at radius 2 is 1.87 bits per heavy atom. The number of azo groups is 1. The van der Waals surface area contributed by atoms with Crippen LogP contribution in [0.15, 0.2) is 40.6 Å². The number of aromatic nitrogens is 2. The maximum absolute atomic E-state index is 13.0. The number of aryl methyl sites for hydroxylation is 1. The fourth-order valence-corrected chi connectivity index (χ4v) is 3.74. The number of anilines is 1. The summed E-state index contributed by atoms with van der Waals surface area (Å²) in [5.41, 5.74) is -0.109. The van der Waals surface area contributed by atoms with Crippen molar-refractivity contribution in [3.63, 3.8) is 0 Å². The van der Waals surface area contributed by atoms with Crippen LogP contribution in [-0.4, -0.2) is 40.9 Å². The number of hydrogen-bond acceptors (Lipinski definition) is 6. The van der Waals surface area contributed by atoms with Crippen LogP contribution >= 0.6 is 0 Å². The van der Waals surface area contributed by atoms with Gasteiger partial charge >= 0.3 is 6.18 Å². The van der Waals surface area contributed by atoms with E-state index in [0.717, 1.165) is 6.07 Å². The van der Waals surface area contributed by atoms with Crippen molar-refractivity contribution in [3.05, 3.63) is 53.0 Å². The highest BCUT2D eigenvalue weighted by Gasteiger charge is 2.35. The van der Waals surface area contributed by atoms with Crippen LogP contribution in [0.25, 0.3) is 0 Å². The molecule has 1 fully saturated rings. The molecule has 1 unspecified atom stereocenters. The Hall–Kier alpha value is -3.37. The van der Waals surface area contributed by atoms with Crippen LogP contribution in [0, 0.1) is 6.92 Å². The lowest BCUT2D eigenvalue weighted by Crippen LogP contribution is -2.46. The van der Waals surface area contributed by atoms with Crippen molar-refractivity contribution in [2.24, 2.45) is 10.2 Å². The standard InChI is InChI=1S/C20H19F3N6O2/c1-11-24-15(20(21,22)23)10-16(25-11)29-8-6-12(7-9-29)26-19(31)17-13-4-2-3-5-14(13)18(30)28-27-17/h2-5,10,12,17H,6-9H2,1H3,(H,26,31). The van der Waals surface area contributed by atoms with Crippen molar-refractivity contribution in [2.75, 3.05) is 18.0 Å². The van der Waals surface area contributed by atoms with Gasteiger partial charge in [-0.15, -0.1) is 5.11 Å². The summed E-state index contributed by atoms with van der Waals surface area (Å²) in [6.45, 7) is 2.28. The van der Waals surface area contributed by atoms with Crippen molar-refractivity contribution in [1.82, 2.24) is 15.3 Å². The van der Waals surface area contributed by atoms with Gasteiger partial charge in [0.15, 0.2) is 6.04 Å². The monoisotopic (exact) mass is 432 g/mol. The van der Waals surface area contributed by atoms with Gasteiger partial charge in [0.05, 0.1) is 0 Å². The van der Waals surface area contributed by atoms with Gasteiger partial charge in [0.2, 0.25) is 0 Å². The van der Waals surface area contributed by atoms with E-state index in [1.807, 2.05) is 0 Å². The van der Waals surface area contributed by atoms with Crippen molar-refractivity contribution in [3.8, 4) is 0 Å². The maximum atomic E-state index is 13.0. The number of benzene rings is 1. The van der Waals surface area contributed by atoms with E-state index < -0.39 is 23.8 Å². The molecule has 8 nitrogen and oxygen atoms in total. The van der Waals surface area contributed by atoms with Crippen LogP contribution in [0.1, 0.15) is 46.3 Å². The van der Waals surface area contributed by atoms with Crippen molar-refractivity contribution < 1.29 is 22.8 Å². The van der Waals surface area contributed by atoms with E-state index >= 15 is 0 Å². The average Bonchev–Trinajstić information content (AvgIpc) is 2.73. The highest BCUT2D eigenvalue weighted by molar-refractivity contribution is 5.99. The van der Waals surface area contributed by atoms with E-state index in [0.29, 0.717) is 37.1 Å². The molecule has 0 radical (unpaired) electrons. The molecule has 31 heavy (non-hydrogen) atoms. The van der Waals surface area contributed by atoms with Crippen LogP contribution in [-0.2, 0) is 11.0 Å². The minimum Gasteiger partial charge on any atom is -0.356 e. The second-order valence-electron chi connectivity index (χ2n) is 7.44. The highest BCUT2D eigenvalue weighted by atomic mass is 19.4. The molecule has 2 amide bonds. The highest BCUT2D eigenvalue weighted by Crippen LogP contribution is 2.31. The fraction of sp³-hybridized carbons (Fsp3) is 0.400. The number of hydrogen-bond donors (Lipinski definition) is 1. The zero-order chi connectivity index (χ0) is 22.2. The molecule has 0 saturated carbocycles. The number of amides is 2. The Bertz CT molecular complexity index is 1050. The fourth-order valence-electron chi connectivity index (χ4n) is 3.74. The third kappa shape index (κ3) is 4.39. The van der Waals surface area contributed by atoms with E-state index in [1.165, 1.54) is 6.92 Å². The zero-order valence-corrected chi connectivity index (χ0v) is 16.6. The summed E-state index contributed by atoms with van der Waals surface area (Å²) in [7, 11) is 0. The SMILES string of the molecule is Cc1nc(N2CCC(NC(=O)C3N=NC(=O)c4ccccc43)CC2)cc(C(F)(F)F)n1. The molecule has 1 saturated heterocycles. The number of carbonyl (C=O) groups is 2. The Balaban J connectivity index is 1.40. The summed E-state index contributed by atoms with van der Waals surface area (Å²) in [5.74, 6) is -0.569. The first-order valence-corrected chi connectivity index (χ1v) is 9.74. The summed E-state index contributed by atoms with van der Waals surface area (Å²) in [5, 5.41) is 10.3. The third-order valence-electron chi connectivity index (χ3n) is 5.28. The minimum absolute atomic E-state index is 0.0520. The first-order valence-electron chi connectivity index (χ1n) is 9.74. The molecule has 1 atom stereocenters. The first-order chi connectivity index (χ1) is 14.7. The largest absolute Gasteiger partial charge is 0.433 e. The van der Waals surface area contributed by atoms with Crippen LogP contribution in [0.3, 0.4) is 0 Å². The van der Waals surface area contributed by atoms with E-state index in [4.69, 9.17) is 0 Å². The van der Waals surface area contributed by atoms with Gasteiger partial charge in [0.25, 0.3) is 11.8 Å². The van der Waals surface area contributed by atoms with Gasteiger partial charge in [-0.25, -0.2) is 9.97 Å². The van der Waals surface area contributed by atoms with Crippen LogP contribution < -0.4 is 10.2 Å². The quantitative estimate of drug-likeness (QED) is 0.803. The van der Waals surface area contributed by atoms with Gasteiger partial charge in [0.1, 0.15) is 17.3 Å². The number of fused-ring (bicyclic) bond motifs is 1. The van der Waals surface area contributed by atoms with Gasteiger partial charge in [0, 0.05) is 36.3 Å².